The molecule has 0 saturated carbocycles. The number of nitrogens with zero attached hydrogens (tertiary/aromatic N) is 4. The topological polar surface area (TPSA) is 32.3 Å². The summed E-state index contributed by atoms with van der Waals surface area (Å²) in [5.41, 5.74) is 1.31. The van der Waals surface area contributed by atoms with Crippen LogP contribution in [0.25, 0.3) is 0 Å². The van der Waals surface area contributed by atoms with Crippen LogP contribution < -0.4 is 4.90 Å². The van der Waals surface area contributed by atoms with Gasteiger partial charge in [0.05, 0.1) is 0 Å². The van der Waals surface area contributed by atoms with E-state index in [1.165, 1.54) is 37.9 Å². The Balaban J connectivity index is 1.43. The molecule has 3 heterocycles. The van der Waals surface area contributed by atoms with Gasteiger partial charge in [-0.25, -0.2) is 0 Å². The second-order valence-electron chi connectivity index (χ2n) is 6.27. The average Bonchev–Trinajstić information content (AvgIpc) is 3.04. The van der Waals surface area contributed by atoms with Gasteiger partial charge in [0.25, 0.3) is 0 Å². The molecule has 22 heavy (non-hydrogen) atoms. The third kappa shape index (κ3) is 3.01. The molecule has 2 saturated heterocycles. The molecule has 4 nitrogen and oxygen atoms in total. The highest BCUT2D eigenvalue weighted by molar-refractivity contribution is 7.15. The molecule has 2 aromatic rings. The highest BCUT2D eigenvalue weighted by Gasteiger charge is 2.30. The Kier molecular flexibility index (Phi) is 4.08. The Morgan fingerprint density at radius 2 is 1.95 bits per heavy atom. The van der Waals surface area contributed by atoms with Gasteiger partial charge in [-0.15, -0.1) is 10.2 Å². The largest absolute Gasteiger partial charge is 0.344 e. The molecule has 0 N–H and O–H groups in total. The van der Waals surface area contributed by atoms with Crippen LogP contribution in [0.15, 0.2) is 30.3 Å². The Bertz CT molecular complexity index is 612. The minimum Gasteiger partial charge on any atom is -0.344 e. The Morgan fingerprint density at radius 1 is 1.05 bits per heavy atom. The fourth-order valence-electron chi connectivity index (χ4n) is 3.54. The third-order valence-corrected chi connectivity index (χ3v) is 5.75. The first-order valence-corrected chi connectivity index (χ1v) is 9.05. The molecular weight excluding hydrogens is 292 g/mol. The van der Waals surface area contributed by atoms with Gasteiger partial charge in [0.2, 0.25) is 5.13 Å². The quantitative estimate of drug-likeness (QED) is 0.872. The van der Waals surface area contributed by atoms with Crippen molar-refractivity contribution in [1.82, 2.24) is 15.1 Å². The molecule has 0 amide bonds. The van der Waals surface area contributed by atoms with Crippen LogP contribution in [-0.2, 0) is 6.42 Å². The predicted molar refractivity (Wildman–Crippen MR) is 90.6 cm³/mol. The fraction of sp³-hybridized carbons (Fsp3) is 0.529. The summed E-state index contributed by atoms with van der Waals surface area (Å²) < 4.78 is 0. The van der Waals surface area contributed by atoms with E-state index in [-0.39, 0.29) is 0 Å². The predicted octanol–water partition coefficient (Wildman–Crippen LogP) is 2.80. The van der Waals surface area contributed by atoms with Crippen molar-refractivity contribution in [2.24, 2.45) is 0 Å². The fourth-order valence-corrected chi connectivity index (χ4v) is 4.45. The molecule has 2 aliphatic heterocycles. The van der Waals surface area contributed by atoms with Crippen LogP contribution >= 0.6 is 11.3 Å². The van der Waals surface area contributed by atoms with E-state index in [9.17, 15) is 0 Å². The van der Waals surface area contributed by atoms with Crippen molar-refractivity contribution in [2.45, 2.75) is 31.7 Å². The van der Waals surface area contributed by atoms with Gasteiger partial charge in [-0.3, -0.25) is 4.90 Å². The Morgan fingerprint density at radius 3 is 2.86 bits per heavy atom. The zero-order valence-corrected chi connectivity index (χ0v) is 13.6. The molecule has 0 spiro atoms. The van der Waals surface area contributed by atoms with Crippen molar-refractivity contribution in [2.75, 3.05) is 31.1 Å². The van der Waals surface area contributed by atoms with Crippen LogP contribution in [0.5, 0.6) is 0 Å². The van der Waals surface area contributed by atoms with Gasteiger partial charge in [-0.2, -0.15) is 0 Å². The van der Waals surface area contributed by atoms with Crippen molar-refractivity contribution in [3.63, 3.8) is 0 Å². The second kappa shape index (κ2) is 6.34. The molecule has 0 aliphatic carbocycles. The zero-order valence-electron chi connectivity index (χ0n) is 12.8. The summed E-state index contributed by atoms with van der Waals surface area (Å²) in [7, 11) is 0. The highest BCUT2D eigenvalue weighted by Crippen LogP contribution is 2.27. The third-order valence-electron chi connectivity index (χ3n) is 4.76. The smallest absolute Gasteiger partial charge is 0.208 e. The number of piperidine rings is 1. The molecule has 0 bridgehead atoms. The normalized spacial score (nSPS) is 22.5. The minimum absolute atomic E-state index is 0.726. The van der Waals surface area contributed by atoms with E-state index in [4.69, 9.17) is 0 Å². The molecule has 0 radical (unpaired) electrons. The minimum atomic E-state index is 0.726. The Labute approximate surface area is 135 Å². The first-order valence-electron chi connectivity index (χ1n) is 8.24. The lowest BCUT2D eigenvalue weighted by Crippen LogP contribution is -2.54. The summed E-state index contributed by atoms with van der Waals surface area (Å²) in [6.07, 6.45) is 4.98. The van der Waals surface area contributed by atoms with Crippen molar-refractivity contribution >= 4 is 16.5 Å². The van der Waals surface area contributed by atoms with Gasteiger partial charge in [0.15, 0.2) is 0 Å². The van der Waals surface area contributed by atoms with Crippen LogP contribution in [0.2, 0.25) is 0 Å². The summed E-state index contributed by atoms with van der Waals surface area (Å²) in [5.74, 6) is 0. The molecule has 1 atom stereocenters. The lowest BCUT2D eigenvalue weighted by Gasteiger charge is -2.43. The van der Waals surface area contributed by atoms with E-state index in [2.05, 4.69) is 50.3 Å². The van der Waals surface area contributed by atoms with Crippen molar-refractivity contribution in [1.29, 1.82) is 0 Å². The first-order chi connectivity index (χ1) is 10.9. The van der Waals surface area contributed by atoms with Gasteiger partial charge >= 0.3 is 0 Å². The highest BCUT2D eigenvalue weighted by atomic mass is 32.1. The first kappa shape index (κ1) is 14.2. The zero-order chi connectivity index (χ0) is 14.8. The monoisotopic (exact) mass is 314 g/mol. The van der Waals surface area contributed by atoms with E-state index in [0.717, 1.165) is 35.7 Å². The SMILES string of the molecule is c1ccc(Cc2nnc(N3CCN4CCCCC4C3)s2)cc1. The van der Waals surface area contributed by atoms with E-state index in [0.29, 0.717) is 0 Å². The van der Waals surface area contributed by atoms with Crippen LogP contribution in [0.4, 0.5) is 5.13 Å². The van der Waals surface area contributed by atoms with Crippen LogP contribution in [-0.4, -0.2) is 47.3 Å². The van der Waals surface area contributed by atoms with Gasteiger partial charge in [-0.1, -0.05) is 48.1 Å². The van der Waals surface area contributed by atoms with Crippen molar-refractivity contribution < 1.29 is 0 Å². The van der Waals surface area contributed by atoms with E-state index in [1.807, 2.05) is 0 Å². The van der Waals surface area contributed by atoms with Crippen LogP contribution in [0.1, 0.15) is 29.8 Å². The molecule has 2 aliphatic rings. The number of benzene rings is 1. The molecule has 5 heteroatoms. The maximum absolute atomic E-state index is 4.45. The summed E-state index contributed by atoms with van der Waals surface area (Å²) in [4.78, 5) is 5.10. The van der Waals surface area contributed by atoms with Crippen molar-refractivity contribution in [3.8, 4) is 0 Å². The van der Waals surface area contributed by atoms with Gasteiger partial charge in [0.1, 0.15) is 5.01 Å². The second-order valence-corrected chi connectivity index (χ2v) is 7.31. The van der Waals surface area contributed by atoms with Crippen molar-refractivity contribution in [3.05, 3.63) is 40.9 Å². The molecule has 1 aromatic carbocycles. The van der Waals surface area contributed by atoms with Gasteiger partial charge in [0, 0.05) is 32.1 Å². The molecule has 1 unspecified atom stereocenters. The molecular formula is C17H22N4S. The number of rotatable bonds is 3. The maximum Gasteiger partial charge on any atom is 0.208 e. The average molecular weight is 314 g/mol. The van der Waals surface area contributed by atoms with E-state index in [1.54, 1.807) is 11.3 Å². The number of hydrogen-bond donors (Lipinski definition) is 0. The van der Waals surface area contributed by atoms with Gasteiger partial charge < -0.3 is 4.90 Å². The van der Waals surface area contributed by atoms with E-state index < -0.39 is 0 Å². The summed E-state index contributed by atoms with van der Waals surface area (Å²) in [6.45, 7) is 4.68. The Hall–Kier alpha value is -1.46. The number of hydrogen-bond acceptors (Lipinski definition) is 5. The maximum atomic E-state index is 4.45. The number of fused-ring (bicyclic) bond motifs is 1. The molecule has 2 fully saturated rings. The van der Waals surface area contributed by atoms with E-state index >= 15 is 0 Å². The van der Waals surface area contributed by atoms with Crippen LogP contribution in [0.3, 0.4) is 0 Å². The molecule has 1 aromatic heterocycles. The van der Waals surface area contributed by atoms with Gasteiger partial charge in [-0.05, 0) is 24.9 Å². The number of anilines is 1. The molecule has 116 valence electrons. The summed E-state index contributed by atoms with van der Waals surface area (Å²) in [5, 5.41) is 11.1. The lowest BCUT2D eigenvalue weighted by molar-refractivity contribution is 0.133. The summed E-state index contributed by atoms with van der Waals surface area (Å²) in [6, 6.07) is 11.3. The standard InChI is InChI=1S/C17H22N4S/c1-2-6-14(7-3-1)12-16-18-19-17(22-16)21-11-10-20-9-5-4-8-15(20)13-21/h1-3,6-7,15H,4-5,8-13H2. The van der Waals surface area contributed by atoms with Crippen LogP contribution in [0, 0.1) is 0 Å². The molecule has 4 rings (SSSR count). The summed E-state index contributed by atoms with van der Waals surface area (Å²) >= 11 is 1.76. The number of piperazine rings is 1. The lowest BCUT2D eigenvalue weighted by atomic mass is 10.00. The number of aromatic nitrogens is 2.